The first-order chi connectivity index (χ1) is 12.2. The third-order valence-electron chi connectivity index (χ3n) is 4.22. The molecule has 0 spiro atoms. The molecule has 1 atom stereocenters. The first kappa shape index (κ1) is 18.7. The van der Waals surface area contributed by atoms with Crippen LogP contribution in [0.1, 0.15) is 23.5 Å². The second kappa shape index (κ2) is 6.88. The zero-order valence-corrected chi connectivity index (χ0v) is 14.3. The predicted octanol–water partition coefficient (Wildman–Crippen LogP) is 3.72. The number of sulfonamides is 1. The lowest BCUT2D eigenvalue weighted by Crippen LogP contribution is -2.16. The SMILES string of the molecule is O=S(=O)(Nc1cccc(C2CCNC2)c1)c1cc(C(F)(F)F)ccc1F. The van der Waals surface area contributed by atoms with E-state index in [4.69, 9.17) is 0 Å². The van der Waals surface area contributed by atoms with Crippen LogP contribution in [-0.4, -0.2) is 21.5 Å². The number of alkyl halides is 3. The van der Waals surface area contributed by atoms with E-state index < -0.39 is 32.5 Å². The van der Waals surface area contributed by atoms with Gasteiger partial charge < -0.3 is 5.32 Å². The Bertz CT molecular complexity index is 907. The lowest BCUT2D eigenvalue weighted by Gasteiger charge is -2.14. The molecule has 2 aromatic carbocycles. The minimum Gasteiger partial charge on any atom is -0.316 e. The summed E-state index contributed by atoms with van der Waals surface area (Å²) in [6, 6.07) is 7.87. The Morgan fingerprint density at radius 2 is 1.88 bits per heavy atom. The number of benzene rings is 2. The van der Waals surface area contributed by atoms with Crippen molar-refractivity contribution < 1.29 is 26.0 Å². The van der Waals surface area contributed by atoms with Gasteiger partial charge in [0.25, 0.3) is 10.0 Å². The Hall–Kier alpha value is -2.13. The van der Waals surface area contributed by atoms with Crippen LogP contribution in [0, 0.1) is 5.82 Å². The highest BCUT2D eigenvalue weighted by molar-refractivity contribution is 7.92. The van der Waals surface area contributed by atoms with Gasteiger partial charge in [-0.2, -0.15) is 13.2 Å². The monoisotopic (exact) mass is 388 g/mol. The fraction of sp³-hybridized carbons (Fsp3) is 0.294. The van der Waals surface area contributed by atoms with Crippen LogP contribution in [0.3, 0.4) is 0 Å². The van der Waals surface area contributed by atoms with Crippen molar-refractivity contribution in [2.75, 3.05) is 17.8 Å². The zero-order chi connectivity index (χ0) is 18.9. The number of hydrogen-bond acceptors (Lipinski definition) is 3. The summed E-state index contributed by atoms with van der Waals surface area (Å²) in [5.41, 5.74) is -0.156. The second-order valence-corrected chi connectivity index (χ2v) is 7.71. The zero-order valence-electron chi connectivity index (χ0n) is 13.5. The van der Waals surface area contributed by atoms with Gasteiger partial charge >= 0.3 is 6.18 Å². The third kappa shape index (κ3) is 3.99. The largest absolute Gasteiger partial charge is 0.416 e. The number of hydrogen-bond donors (Lipinski definition) is 2. The molecule has 1 aliphatic heterocycles. The molecule has 0 amide bonds. The molecule has 0 aromatic heterocycles. The van der Waals surface area contributed by atoms with Crippen LogP contribution in [-0.2, 0) is 16.2 Å². The van der Waals surface area contributed by atoms with E-state index in [2.05, 4.69) is 10.0 Å². The molecule has 4 nitrogen and oxygen atoms in total. The van der Waals surface area contributed by atoms with Gasteiger partial charge in [-0.1, -0.05) is 12.1 Å². The summed E-state index contributed by atoms with van der Waals surface area (Å²) in [5, 5.41) is 3.20. The normalized spacial score (nSPS) is 18.1. The van der Waals surface area contributed by atoms with Gasteiger partial charge in [-0.15, -0.1) is 0 Å². The molecule has 1 heterocycles. The van der Waals surface area contributed by atoms with Gasteiger partial charge in [-0.3, -0.25) is 4.72 Å². The van der Waals surface area contributed by atoms with Crippen molar-refractivity contribution in [1.82, 2.24) is 5.32 Å². The number of halogens is 4. The molecule has 0 aliphatic carbocycles. The maximum atomic E-state index is 13.9. The fourth-order valence-corrected chi connectivity index (χ4v) is 4.05. The van der Waals surface area contributed by atoms with Crippen molar-refractivity contribution in [3.05, 3.63) is 59.4 Å². The van der Waals surface area contributed by atoms with Crippen LogP contribution >= 0.6 is 0 Å². The summed E-state index contributed by atoms with van der Waals surface area (Å²) in [5.74, 6) is -1.02. The van der Waals surface area contributed by atoms with Crippen LogP contribution in [0.4, 0.5) is 23.2 Å². The topological polar surface area (TPSA) is 58.2 Å². The van der Waals surface area contributed by atoms with E-state index in [0.29, 0.717) is 18.2 Å². The van der Waals surface area contributed by atoms with Crippen LogP contribution in [0.25, 0.3) is 0 Å². The average Bonchev–Trinajstić information content (AvgIpc) is 3.08. The van der Waals surface area contributed by atoms with Gasteiger partial charge in [0.1, 0.15) is 10.7 Å². The first-order valence-corrected chi connectivity index (χ1v) is 9.35. The molecule has 0 bridgehead atoms. The van der Waals surface area contributed by atoms with Crippen LogP contribution < -0.4 is 10.0 Å². The van der Waals surface area contributed by atoms with E-state index in [9.17, 15) is 26.0 Å². The highest BCUT2D eigenvalue weighted by Gasteiger charge is 2.33. The lowest BCUT2D eigenvalue weighted by atomic mass is 9.98. The molecule has 140 valence electrons. The molecule has 3 rings (SSSR count). The predicted molar refractivity (Wildman–Crippen MR) is 88.9 cm³/mol. The third-order valence-corrected chi connectivity index (χ3v) is 5.61. The molecule has 1 saturated heterocycles. The quantitative estimate of drug-likeness (QED) is 0.785. The average molecular weight is 388 g/mol. The first-order valence-electron chi connectivity index (χ1n) is 7.87. The molecule has 0 radical (unpaired) electrons. The highest BCUT2D eigenvalue weighted by atomic mass is 32.2. The van der Waals surface area contributed by atoms with Gasteiger partial charge in [0.2, 0.25) is 0 Å². The van der Waals surface area contributed by atoms with E-state index in [1.165, 1.54) is 6.07 Å². The van der Waals surface area contributed by atoms with E-state index in [-0.39, 0.29) is 11.6 Å². The van der Waals surface area contributed by atoms with Crippen LogP contribution in [0.2, 0.25) is 0 Å². The minimum absolute atomic E-state index is 0.172. The number of rotatable bonds is 4. The molecule has 1 aliphatic rings. The number of anilines is 1. The summed E-state index contributed by atoms with van der Waals surface area (Å²) in [4.78, 5) is -1.04. The van der Waals surface area contributed by atoms with E-state index >= 15 is 0 Å². The summed E-state index contributed by atoms with van der Waals surface area (Å²) in [6.07, 6.45) is -3.87. The maximum Gasteiger partial charge on any atom is 0.416 e. The second-order valence-electron chi connectivity index (χ2n) is 6.06. The van der Waals surface area contributed by atoms with Gasteiger partial charge in [-0.25, -0.2) is 12.8 Å². The van der Waals surface area contributed by atoms with Crippen molar-refractivity contribution in [2.24, 2.45) is 0 Å². The summed E-state index contributed by atoms with van der Waals surface area (Å²) < 4.78 is 79.2. The van der Waals surface area contributed by atoms with Crippen LogP contribution in [0.5, 0.6) is 0 Å². The fourth-order valence-electron chi connectivity index (χ4n) is 2.89. The Morgan fingerprint density at radius 3 is 2.54 bits per heavy atom. The molecule has 1 fully saturated rings. The molecular weight excluding hydrogens is 372 g/mol. The molecule has 0 saturated carbocycles. The maximum absolute atomic E-state index is 13.9. The lowest BCUT2D eigenvalue weighted by molar-refractivity contribution is -0.137. The Kier molecular flexibility index (Phi) is 4.94. The highest BCUT2D eigenvalue weighted by Crippen LogP contribution is 2.32. The van der Waals surface area contributed by atoms with Crippen LogP contribution in [0.15, 0.2) is 47.4 Å². The van der Waals surface area contributed by atoms with Crippen molar-refractivity contribution in [2.45, 2.75) is 23.4 Å². The van der Waals surface area contributed by atoms with E-state index in [1.54, 1.807) is 12.1 Å². The van der Waals surface area contributed by atoms with E-state index in [0.717, 1.165) is 25.1 Å². The summed E-state index contributed by atoms with van der Waals surface area (Å²) in [7, 11) is -4.51. The van der Waals surface area contributed by atoms with Crippen molar-refractivity contribution in [3.8, 4) is 0 Å². The molecule has 1 unspecified atom stereocenters. The van der Waals surface area contributed by atoms with Gasteiger partial charge in [-0.05, 0) is 54.8 Å². The molecule has 2 aromatic rings. The van der Waals surface area contributed by atoms with Crippen molar-refractivity contribution >= 4 is 15.7 Å². The van der Waals surface area contributed by atoms with Gasteiger partial charge in [0.15, 0.2) is 0 Å². The standard InChI is InChI=1S/C17H16F4N2O2S/c18-15-5-4-13(17(19,20)21)9-16(15)26(24,25)23-14-3-1-2-11(8-14)12-6-7-22-10-12/h1-5,8-9,12,22-23H,6-7,10H2. The van der Waals surface area contributed by atoms with Gasteiger partial charge in [0.05, 0.1) is 5.56 Å². The Balaban J connectivity index is 1.91. The molecular formula is C17H16F4N2O2S. The molecule has 9 heteroatoms. The van der Waals surface area contributed by atoms with E-state index in [1.807, 2.05) is 6.07 Å². The molecule has 26 heavy (non-hydrogen) atoms. The minimum atomic E-state index is -4.77. The van der Waals surface area contributed by atoms with Gasteiger partial charge in [0, 0.05) is 12.2 Å². The molecule has 2 N–H and O–H groups in total. The Labute approximate surface area is 148 Å². The smallest absolute Gasteiger partial charge is 0.316 e. The van der Waals surface area contributed by atoms with Crippen molar-refractivity contribution in [3.63, 3.8) is 0 Å². The Morgan fingerprint density at radius 1 is 1.12 bits per heavy atom. The number of nitrogens with one attached hydrogen (secondary N) is 2. The summed E-state index contributed by atoms with van der Waals surface area (Å²) >= 11 is 0. The van der Waals surface area contributed by atoms with Crippen molar-refractivity contribution in [1.29, 1.82) is 0 Å². The summed E-state index contributed by atoms with van der Waals surface area (Å²) in [6.45, 7) is 1.62.